The standard InChI is InChI=1S/C19H31N3O2/c1-6-15-12-22(5)11-9-16(15)21-18(23)19(3,4)13-24-17-14(2)8-7-10-20-17/h7-8,10,15-16H,6,9,11-13H2,1-5H3,(H,21,23)/t15-,16-/m1/s1. The summed E-state index contributed by atoms with van der Waals surface area (Å²) in [6, 6.07) is 4.10. The fourth-order valence-electron chi connectivity index (χ4n) is 3.12. The first kappa shape index (κ1) is 18.7. The second kappa shape index (κ2) is 7.97. The van der Waals surface area contributed by atoms with Gasteiger partial charge in [-0.25, -0.2) is 4.98 Å². The maximum atomic E-state index is 12.8. The van der Waals surface area contributed by atoms with Crippen LogP contribution in [0.2, 0.25) is 0 Å². The third kappa shape index (κ3) is 4.69. The number of piperidine rings is 1. The molecule has 134 valence electrons. The van der Waals surface area contributed by atoms with Crippen molar-refractivity contribution in [3.8, 4) is 5.88 Å². The number of pyridine rings is 1. The molecule has 0 aromatic carbocycles. The lowest BCUT2D eigenvalue weighted by Crippen LogP contribution is -2.53. The highest BCUT2D eigenvalue weighted by atomic mass is 16.5. The van der Waals surface area contributed by atoms with Gasteiger partial charge in [0, 0.05) is 24.3 Å². The van der Waals surface area contributed by atoms with Crippen LogP contribution in [-0.2, 0) is 4.79 Å². The van der Waals surface area contributed by atoms with E-state index in [0.717, 1.165) is 31.5 Å². The molecular formula is C19H31N3O2. The molecule has 0 aliphatic carbocycles. The molecule has 1 aromatic rings. The van der Waals surface area contributed by atoms with Crippen LogP contribution in [-0.4, -0.2) is 48.6 Å². The Morgan fingerprint density at radius 2 is 2.25 bits per heavy atom. The number of likely N-dealkylation sites (tertiary alicyclic amines) is 1. The Kier molecular flexibility index (Phi) is 6.21. The van der Waals surface area contributed by atoms with E-state index in [1.54, 1.807) is 6.20 Å². The zero-order chi connectivity index (χ0) is 17.7. The summed E-state index contributed by atoms with van der Waals surface area (Å²) in [6.45, 7) is 10.4. The molecule has 1 amide bonds. The molecule has 1 aliphatic rings. The Labute approximate surface area is 145 Å². The monoisotopic (exact) mass is 333 g/mol. The van der Waals surface area contributed by atoms with Crippen LogP contribution < -0.4 is 10.1 Å². The first-order valence-corrected chi connectivity index (χ1v) is 8.87. The maximum Gasteiger partial charge on any atom is 0.229 e. The van der Waals surface area contributed by atoms with E-state index in [2.05, 4.69) is 29.2 Å². The number of rotatable bonds is 6. The highest BCUT2D eigenvalue weighted by molar-refractivity contribution is 5.82. The van der Waals surface area contributed by atoms with E-state index >= 15 is 0 Å². The van der Waals surface area contributed by atoms with Gasteiger partial charge in [-0.05, 0) is 52.8 Å². The quantitative estimate of drug-likeness (QED) is 0.869. The lowest BCUT2D eigenvalue weighted by atomic mass is 9.87. The number of amides is 1. The maximum absolute atomic E-state index is 12.8. The van der Waals surface area contributed by atoms with Crippen LogP contribution in [0.1, 0.15) is 39.2 Å². The highest BCUT2D eigenvalue weighted by Crippen LogP contribution is 2.23. The Balaban J connectivity index is 1.93. The molecule has 2 heterocycles. The Morgan fingerprint density at radius 3 is 2.92 bits per heavy atom. The minimum absolute atomic E-state index is 0.0593. The molecule has 0 bridgehead atoms. The van der Waals surface area contributed by atoms with E-state index in [0.29, 0.717) is 18.4 Å². The summed E-state index contributed by atoms with van der Waals surface area (Å²) in [4.78, 5) is 19.3. The molecule has 1 N–H and O–H groups in total. The second-order valence-corrected chi connectivity index (χ2v) is 7.60. The van der Waals surface area contributed by atoms with Gasteiger partial charge in [0.2, 0.25) is 11.8 Å². The number of hydrogen-bond acceptors (Lipinski definition) is 4. The van der Waals surface area contributed by atoms with Gasteiger partial charge in [-0.2, -0.15) is 0 Å². The molecule has 0 spiro atoms. The average Bonchev–Trinajstić information content (AvgIpc) is 2.55. The number of aromatic nitrogens is 1. The molecule has 2 atom stereocenters. The lowest BCUT2D eigenvalue weighted by Gasteiger charge is -2.38. The van der Waals surface area contributed by atoms with Crippen molar-refractivity contribution in [3.05, 3.63) is 23.9 Å². The summed E-state index contributed by atoms with van der Waals surface area (Å²) in [6.07, 6.45) is 3.80. The highest BCUT2D eigenvalue weighted by Gasteiger charge is 2.34. The van der Waals surface area contributed by atoms with E-state index in [-0.39, 0.29) is 11.9 Å². The van der Waals surface area contributed by atoms with E-state index in [9.17, 15) is 4.79 Å². The number of ether oxygens (including phenoxy) is 1. The van der Waals surface area contributed by atoms with Crippen molar-refractivity contribution in [1.29, 1.82) is 0 Å². The molecule has 2 rings (SSSR count). The van der Waals surface area contributed by atoms with Gasteiger partial charge in [0.1, 0.15) is 6.61 Å². The van der Waals surface area contributed by atoms with E-state index in [4.69, 9.17) is 4.74 Å². The molecule has 1 aromatic heterocycles. The lowest BCUT2D eigenvalue weighted by molar-refractivity contribution is -0.132. The van der Waals surface area contributed by atoms with Crippen molar-refractivity contribution in [2.75, 3.05) is 26.7 Å². The summed E-state index contributed by atoms with van der Waals surface area (Å²) in [5.74, 6) is 1.18. The third-order valence-electron chi connectivity index (χ3n) is 4.92. The molecule has 1 fully saturated rings. The molecule has 24 heavy (non-hydrogen) atoms. The van der Waals surface area contributed by atoms with E-state index in [1.807, 2.05) is 32.9 Å². The zero-order valence-electron chi connectivity index (χ0n) is 15.6. The van der Waals surface area contributed by atoms with Gasteiger partial charge in [0.15, 0.2) is 0 Å². The van der Waals surface area contributed by atoms with Crippen LogP contribution in [0.15, 0.2) is 18.3 Å². The molecular weight excluding hydrogens is 302 g/mol. The average molecular weight is 333 g/mol. The summed E-state index contributed by atoms with van der Waals surface area (Å²) >= 11 is 0. The molecule has 0 unspecified atom stereocenters. The second-order valence-electron chi connectivity index (χ2n) is 7.60. The summed E-state index contributed by atoms with van der Waals surface area (Å²) in [5.41, 5.74) is 0.390. The predicted molar refractivity (Wildman–Crippen MR) is 96.1 cm³/mol. The van der Waals surface area contributed by atoms with Crippen LogP contribution in [0.5, 0.6) is 5.88 Å². The fraction of sp³-hybridized carbons (Fsp3) is 0.684. The van der Waals surface area contributed by atoms with Crippen molar-refractivity contribution in [3.63, 3.8) is 0 Å². The first-order valence-electron chi connectivity index (χ1n) is 8.87. The van der Waals surface area contributed by atoms with Gasteiger partial charge in [-0.15, -0.1) is 0 Å². The van der Waals surface area contributed by atoms with Gasteiger partial charge in [-0.1, -0.05) is 19.4 Å². The largest absolute Gasteiger partial charge is 0.476 e. The minimum atomic E-state index is -0.592. The third-order valence-corrected chi connectivity index (χ3v) is 4.92. The number of nitrogens with one attached hydrogen (secondary N) is 1. The summed E-state index contributed by atoms with van der Waals surface area (Å²) < 4.78 is 5.80. The van der Waals surface area contributed by atoms with Gasteiger partial charge in [-0.3, -0.25) is 4.79 Å². The molecule has 0 radical (unpaired) electrons. The van der Waals surface area contributed by atoms with Crippen molar-refractivity contribution in [1.82, 2.24) is 15.2 Å². The summed E-state index contributed by atoms with van der Waals surface area (Å²) in [7, 11) is 2.15. The molecule has 0 saturated carbocycles. The van der Waals surface area contributed by atoms with Crippen LogP contribution >= 0.6 is 0 Å². The minimum Gasteiger partial charge on any atom is -0.476 e. The smallest absolute Gasteiger partial charge is 0.229 e. The van der Waals surface area contributed by atoms with Gasteiger partial charge in [0.25, 0.3) is 0 Å². The molecule has 1 saturated heterocycles. The predicted octanol–water partition coefficient (Wildman–Crippen LogP) is 2.64. The van der Waals surface area contributed by atoms with Gasteiger partial charge in [0.05, 0.1) is 5.41 Å². The number of carbonyl (C=O) groups is 1. The SMILES string of the molecule is CC[C@@H]1CN(C)CC[C@H]1NC(=O)C(C)(C)COc1ncccc1C. The van der Waals surface area contributed by atoms with Crippen molar-refractivity contribution in [2.45, 2.75) is 46.6 Å². The van der Waals surface area contributed by atoms with Gasteiger partial charge < -0.3 is 15.0 Å². The molecule has 1 aliphatic heterocycles. The normalized spacial score (nSPS) is 22.2. The topological polar surface area (TPSA) is 54.5 Å². The summed E-state index contributed by atoms with van der Waals surface area (Å²) in [5, 5.41) is 3.27. The Hall–Kier alpha value is -1.62. The van der Waals surface area contributed by atoms with Crippen LogP contribution in [0.3, 0.4) is 0 Å². The number of nitrogens with zero attached hydrogens (tertiary/aromatic N) is 2. The zero-order valence-corrected chi connectivity index (χ0v) is 15.6. The Morgan fingerprint density at radius 1 is 1.50 bits per heavy atom. The first-order chi connectivity index (χ1) is 11.3. The van der Waals surface area contributed by atoms with Crippen LogP contribution in [0, 0.1) is 18.3 Å². The van der Waals surface area contributed by atoms with Gasteiger partial charge >= 0.3 is 0 Å². The molecule has 5 heteroatoms. The van der Waals surface area contributed by atoms with Crippen LogP contribution in [0.25, 0.3) is 0 Å². The molecule has 5 nitrogen and oxygen atoms in total. The van der Waals surface area contributed by atoms with Crippen molar-refractivity contribution >= 4 is 5.91 Å². The van der Waals surface area contributed by atoms with Crippen molar-refractivity contribution < 1.29 is 9.53 Å². The van der Waals surface area contributed by atoms with E-state index < -0.39 is 5.41 Å². The van der Waals surface area contributed by atoms with E-state index in [1.165, 1.54) is 0 Å². The fourth-order valence-corrected chi connectivity index (χ4v) is 3.12. The number of carbonyl (C=O) groups excluding carboxylic acids is 1. The number of aryl methyl sites for hydroxylation is 1. The number of hydrogen-bond donors (Lipinski definition) is 1. The Bertz CT molecular complexity index is 559. The van der Waals surface area contributed by atoms with Crippen molar-refractivity contribution in [2.24, 2.45) is 11.3 Å². The van der Waals surface area contributed by atoms with Crippen LogP contribution in [0.4, 0.5) is 0 Å².